The first-order valence-corrected chi connectivity index (χ1v) is 8.70. The molecule has 136 valence electrons. The third-order valence-corrected chi connectivity index (χ3v) is 4.25. The van der Waals surface area contributed by atoms with Crippen molar-refractivity contribution in [3.63, 3.8) is 0 Å². The number of ketones is 1. The van der Waals surface area contributed by atoms with E-state index < -0.39 is 0 Å². The van der Waals surface area contributed by atoms with E-state index in [2.05, 4.69) is 5.32 Å². The monoisotopic (exact) mass is 359 g/mol. The van der Waals surface area contributed by atoms with Crippen LogP contribution in [0.3, 0.4) is 0 Å². The van der Waals surface area contributed by atoms with Crippen LogP contribution in [0.1, 0.15) is 27.0 Å². The van der Waals surface area contributed by atoms with Crippen molar-refractivity contribution in [2.75, 3.05) is 12.4 Å². The molecule has 1 amide bonds. The molecule has 3 rings (SSSR count). The van der Waals surface area contributed by atoms with Gasteiger partial charge in [0, 0.05) is 11.1 Å². The van der Waals surface area contributed by atoms with Gasteiger partial charge in [-0.05, 0) is 36.8 Å². The van der Waals surface area contributed by atoms with E-state index >= 15 is 0 Å². The highest BCUT2D eigenvalue weighted by molar-refractivity contribution is 6.14. The van der Waals surface area contributed by atoms with Gasteiger partial charge < -0.3 is 10.1 Å². The van der Waals surface area contributed by atoms with Crippen LogP contribution in [0.2, 0.25) is 0 Å². The predicted molar refractivity (Wildman–Crippen MR) is 106 cm³/mol. The zero-order valence-corrected chi connectivity index (χ0v) is 15.4. The maximum atomic E-state index is 12.9. The van der Waals surface area contributed by atoms with Crippen LogP contribution < -0.4 is 10.1 Å². The number of nitrogens with one attached hydrogen (secondary N) is 1. The summed E-state index contributed by atoms with van der Waals surface area (Å²) in [6.07, 6.45) is 0.219. The van der Waals surface area contributed by atoms with Crippen LogP contribution in [-0.2, 0) is 11.2 Å². The summed E-state index contributed by atoms with van der Waals surface area (Å²) in [5, 5.41) is 2.87. The SMILES string of the molecule is COc1ccc(CC(=O)Nc2ccc(C)cc2C(=O)c2ccccc2)cc1. The number of hydrogen-bond donors (Lipinski definition) is 1. The van der Waals surface area contributed by atoms with Crippen LogP contribution in [0.4, 0.5) is 5.69 Å². The maximum absolute atomic E-state index is 12.9. The maximum Gasteiger partial charge on any atom is 0.228 e. The molecule has 0 fully saturated rings. The molecule has 0 heterocycles. The van der Waals surface area contributed by atoms with Gasteiger partial charge in [-0.15, -0.1) is 0 Å². The number of methoxy groups -OCH3 is 1. The van der Waals surface area contributed by atoms with Crippen LogP contribution in [0, 0.1) is 6.92 Å². The highest BCUT2D eigenvalue weighted by Gasteiger charge is 2.15. The number of amides is 1. The van der Waals surface area contributed by atoms with Crippen molar-refractivity contribution in [1.82, 2.24) is 0 Å². The van der Waals surface area contributed by atoms with Gasteiger partial charge in [0.2, 0.25) is 5.91 Å². The van der Waals surface area contributed by atoms with Crippen molar-refractivity contribution in [3.8, 4) is 5.75 Å². The second kappa shape index (κ2) is 8.32. The molecule has 0 aromatic heterocycles. The smallest absolute Gasteiger partial charge is 0.228 e. The number of carbonyl (C=O) groups is 2. The van der Waals surface area contributed by atoms with E-state index in [0.717, 1.165) is 16.9 Å². The summed E-state index contributed by atoms with van der Waals surface area (Å²) < 4.78 is 5.13. The van der Waals surface area contributed by atoms with Crippen molar-refractivity contribution in [3.05, 3.63) is 95.1 Å². The highest BCUT2D eigenvalue weighted by Crippen LogP contribution is 2.22. The van der Waals surface area contributed by atoms with Crippen molar-refractivity contribution < 1.29 is 14.3 Å². The Hall–Kier alpha value is -3.40. The molecule has 0 bridgehead atoms. The van der Waals surface area contributed by atoms with Crippen LogP contribution >= 0.6 is 0 Å². The van der Waals surface area contributed by atoms with E-state index in [1.54, 1.807) is 31.4 Å². The lowest BCUT2D eigenvalue weighted by Crippen LogP contribution is -2.17. The Kier molecular flexibility index (Phi) is 5.67. The lowest BCUT2D eigenvalue weighted by molar-refractivity contribution is -0.115. The van der Waals surface area contributed by atoms with Crippen LogP contribution in [0.15, 0.2) is 72.8 Å². The topological polar surface area (TPSA) is 55.4 Å². The summed E-state index contributed by atoms with van der Waals surface area (Å²) >= 11 is 0. The van der Waals surface area contributed by atoms with Gasteiger partial charge in [-0.25, -0.2) is 0 Å². The summed E-state index contributed by atoms with van der Waals surface area (Å²) in [5.74, 6) is 0.457. The van der Waals surface area contributed by atoms with Gasteiger partial charge in [0.25, 0.3) is 0 Å². The number of benzene rings is 3. The predicted octanol–water partition coefficient (Wildman–Crippen LogP) is 4.42. The van der Waals surface area contributed by atoms with Crippen LogP contribution in [0.25, 0.3) is 0 Å². The molecule has 0 aliphatic heterocycles. The molecular weight excluding hydrogens is 338 g/mol. The fraction of sp³-hybridized carbons (Fsp3) is 0.130. The molecular formula is C23H21NO3. The molecule has 0 aliphatic rings. The number of anilines is 1. The zero-order chi connectivity index (χ0) is 19.2. The summed E-state index contributed by atoms with van der Waals surface area (Å²) in [6.45, 7) is 1.92. The van der Waals surface area contributed by atoms with E-state index in [1.165, 1.54) is 0 Å². The average molecular weight is 359 g/mol. The fourth-order valence-corrected chi connectivity index (χ4v) is 2.82. The quantitative estimate of drug-likeness (QED) is 0.663. The molecule has 0 radical (unpaired) electrons. The Morgan fingerprint density at radius 1 is 0.926 bits per heavy atom. The largest absolute Gasteiger partial charge is 0.497 e. The molecule has 0 spiro atoms. The van der Waals surface area contributed by atoms with Gasteiger partial charge in [-0.3, -0.25) is 9.59 Å². The molecule has 0 unspecified atom stereocenters. The molecule has 4 heteroatoms. The fourth-order valence-electron chi connectivity index (χ4n) is 2.82. The number of ether oxygens (including phenoxy) is 1. The van der Waals surface area contributed by atoms with Gasteiger partial charge in [-0.1, -0.05) is 54.1 Å². The minimum absolute atomic E-state index is 0.112. The van der Waals surface area contributed by atoms with E-state index in [9.17, 15) is 9.59 Å². The second-order valence-electron chi connectivity index (χ2n) is 6.32. The highest BCUT2D eigenvalue weighted by atomic mass is 16.5. The molecule has 1 N–H and O–H groups in total. The van der Waals surface area contributed by atoms with Gasteiger partial charge in [0.05, 0.1) is 19.2 Å². The van der Waals surface area contributed by atoms with E-state index in [0.29, 0.717) is 16.8 Å². The van der Waals surface area contributed by atoms with E-state index in [4.69, 9.17) is 4.74 Å². The Bertz CT molecular complexity index is 947. The van der Waals surface area contributed by atoms with E-state index in [1.807, 2.05) is 55.5 Å². The molecule has 3 aromatic rings. The summed E-state index contributed by atoms with van der Waals surface area (Å²) in [7, 11) is 1.60. The lowest BCUT2D eigenvalue weighted by Gasteiger charge is -2.12. The van der Waals surface area contributed by atoms with Gasteiger partial charge in [0.1, 0.15) is 5.75 Å². The average Bonchev–Trinajstić information content (AvgIpc) is 2.70. The molecule has 0 saturated heterocycles. The van der Waals surface area contributed by atoms with Crippen molar-refractivity contribution >= 4 is 17.4 Å². The summed E-state index contributed by atoms with van der Waals surface area (Å²) in [4.78, 5) is 25.3. The van der Waals surface area contributed by atoms with Gasteiger partial charge in [0.15, 0.2) is 5.78 Å². The van der Waals surface area contributed by atoms with Crippen molar-refractivity contribution in [2.45, 2.75) is 13.3 Å². The Balaban J connectivity index is 1.80. The summed E-state index contributed by atoms with van der Waals surface area (Å²) in [5.41, 5.74) is 3.43. The first-order chi connectivity index (χ1) is 13.1. The number of aryl methyl sites for hydroxylation is 1. The molecule has 4 nitrogen and oxygen atoms in total. The zero-order valence-electron chi connectivity index (χ0n) is 15.4. The van der Waals surface area contributed by atoms with Crippen LogP contribution in [-0.4, -0.2) is 18.8 Å². The minimum atomic E-state index is -0.175. The molecule has 27 heavy (non-hydrogen) atoms. The minimum Gasteiger partial charge on any atom is -0.497 e. The molecule has 0 aliphatic carbocycles. The number of carbonyl (C=O) groups excluding carboxylic acids is 2. The Labute approximate surface area is 158 Å². The molecule has 3 aromatic carbocycles. The lowest BCUT2D eigenvalue weighted by atomic mass is 9.99. The normalized spacial score (nSPS) is 10.3. The molecule has 0 atom stereocenters. The first kappa shape index (κ1) is 18.4. The Morgan fingerprint density at radius 3 is 2.30 bits per heavy atom. The first-order valence-electron chi connectivity index (χ1n) is 8.70. The van der Waals surface area contributed by atoms with Crippen LogP contribution in [0.5, 0.6) is 5.75 Å². The third-order valence-electron chi connectivity index (χ3n) is 4.25. The summed E-state index contributed by atoms with van der Waals surface area (Å²) in [6, 6.07) is 21.9. The van der Waals surface area contributed by atoms with Crippen molar-refractivity contribution in [2.24, 2.45) is 0 Å². The third kappa shape index (κ3) is 4.61. The van der Waals surface area contributed by atoms with E-state index in [-0.39, 0.29) is 18.1 Å². The van der Waals surface area contributed by atoms with Crippen molar-refractivity contribution in [1.29, 1.82) is 0 Å². The molecule has 0 saturated carbocycles. The number of hydrogen-bond acceptors (Lipinski definition) is 3. The van der Waals surface area contributed by atoms with Gasteiger partial charge >= 0.3 is 0 Å². The second-order valence-corrected chi connectivity index (χ2v) is 6.32. The Morgan fingerprint density at radius 2 is 1.63 bits per heavy atom. The standard InChI is InChI=1S/C23H21NO3/c1-16-8-13-21(20(14-16)23(26)18-6-4-3-5-7-18)24-22(25)15-17-9-11-19(27-2)12-10-17/h3-14H,15H2,1-2H3,(H,24,25). The van der Waals surface area contributed by atoms with Gasteiger partial charge in [-0.2, -0.15) is 0 Å². The number of rotatable bonds is 6.